The Labute approximate surface area is 118 Å². The number of amides is 1. The maximum absolute atomic E-state index is 11.4. The maximum Gasteiger partial charge on any atom is 0.284 e. The van der Waals surface area contributed by atoms with Crippen molar-refractivity contribution in [3.63, 3.8) is 0 Å². The molecule has 1 amide bonds. The molecule has 0 atom stereocenters. The second-order valence-electron chi connectivity index (χ2n) is 4.13. The molecule has 0 aliphatic rings. The van der Waals surface area contributed by atoms with Crippen LogP contribution in [0.4, 0.5) is 11.4 Å². The van der Waals surface area contributed by atoms with Crippen LogP contribution in [-0.2, 0) is 0 Å². The number of nitro benzene ring substituents is 2. The fraction of sp³-hybridized carbons (Fsp3) is 0. The minimum Gasteiger partial charge on any atom is -0.366 e. The molecule has 0 spiro atoms. The Bertz CT molecular complexity index is 757. The summed E-state index contributed by atoms with van der Waals surface area (Å²) in [6.45, 7) is 0. The van der Waals surface area contributed by atoms with Crippen molar-refractivity contribution in [2.45, 2.75) is 0 Å². The number of carbonyl (C=O) groups is 1. The highest BCUT2D eigenvalue weighted by Gasteiger charge is 2.22. The molecule has 106 valence electrons. The molecule has 2 aromatic rings. The lowest BCUT2D eigenvalue weighted by Gasteiger charge is -2.07. The van der Waals surface area contributed by atoms with Gasteiger partial charge in [0.05, 0.1) is 21.5 Å². The van der Waals surface area contributed by atoms with E-state index in [1.54, 1.807) is 12.1 Å². The van der Waals surface area contributed by atoms with Crippen LogP contribution in [0.25, 0.3) is 11.1 Å². The van der Waals surface area contributed by atoms with Crippen LogP contribution in [0.15, 0.2) is 42.5 Å². The van der Waals surface area contributed by atoms with E-state index in [9.17, 15) is 25.0 Å². The van der Waals surface area contributed by atoms with Gasteiger partial charge in [-0.3, -0.25) is 25.0 Å². The van der Waals surface area contributed by atoms with Crippen LogP contribution in [0.5, 0.6) is 0 Å². The SMILES string of the molecule is NC(=O)c1ccccc1-c1ccc([N+](=O)[O-])cc1[N+](=O)[O-]. The van der Waals surface area contributed by atoms with Crippen LogP contribution < -0.4 is 5.73 Å². The third kappa shape index (κ3) is 2.68. The number of benzene rings is 2. The van der Waals surface area contributed by atoms with Crippen molar-refractivity contribution in [3.05, 3.63) is 68.3 Å². The molecule has 8 nitrogen and oxygen atoms in total. The topological polar surface area (TPSA) is 129 Å². The second-order valence-corrected chi connectivity index (χ2v) is 4.13. The first kappa shape index (κ1) is 14.1. The van der Waals surface area contributed by atoms with E-state index >= 15 is 0 Å². The van der Waals surface area contributed by atoms with Gasteiger partial charge < -0.3 is 5.73 Å². The van der Waals surface area contributed by atoms with E-state index < -0.39 is 27.1 Å². The van der Waals surface area contributed by atoms with Crippen molar-refractivity contribution in [1.82, 2.24) is 0 Å². The van der Waals surface area contributed by atoms with Gasteiger partial charge in [0, 0.05) is 17.2 Å². The van der Waals surface area contributed by atoms with Gasteiger partial charge in [0.25, 0.3) is 11.4 Å². The summed E-state index contributed by atoms with van der Waals surface area (Å²) in [4.78, 5) is 31.8. The van der Waals surface area contributed by atoms with Gasteiger partial charge in [0.15, 0.2) is 0 Å². The van der Waals surface area contributed by atoms with Crippen molar-refractivity contribution >= 4 is 17.3 Å². The summed E-state index contributed by atoms with van der Waals surface area (Å²) in [6.07, 6.45) is 0. The van der Waals surface area contributed by atoms with E-state index in [-0.39, 0.29) is 16.7 Å². The van der Waals surface area contributed by atoms with Crippen LogP contribution >= 0.6 is 0 Å². The first-order valence-corrected chi connectivity index (χ1v) is 5.74. The number of carbonyl (C=O) groups excluding carboxylic acids is 1. The van der Waals surface area contributed by atoms with Gasteiger partial charge in [-0.15, -0.1) is 0 Å². The number of nitro groups is 2. The zero-order valence-corrected chi connectivity index (χ0v) is 10.6. The fourth-order valence-corrected chi connectivity index (χ4v) is 1.95. The molecule has 0 heterocycles. The van der Waals surface area contributed by atoms with Crippen molar-refractivity contribution in [1.29, 1.82) is 0 Å². The smallest absolute Gasteiger partial charge is 0.284 e. The highest BCUT2D eigenvalue weighted by atomic mass is 16.6. The molecule has 0 unspecified atom stereocenters. The Hall–Kier alpha value is -3.29. The Morgan fingerprint density at radius 1 is 0.952 bits per heavy atom. The molecule has 8 heteroatoms. The maximum atomic E-state index is 11.4. The molecule has 0 radical (unpaired) electrons. The number of nitrogens with zero attached hydrogens (tertiary/aromatic N) is 2. The van der Waals surface area contributed by atoms with E-state index in [0.29, 0.717) is 0 Å². The first-order valence-electron chi connectivity index (χ1n) is 5.74. The summed E-state index contributed by atoms with van der Waals surface area (Å²) in [7, 11) is 0. The van der Waals surface area contributed by atoms with Gasteiger partial charge in [-0.2, -0.15) is 0 Å². The summed E-state index contributed by atoms with van der Waals surface area (Å²) in [5.41, 5.74) is 4.84. The average Bonchev–Trinajstić information content (AvgIpc) is 2.46. The predicted octanol–water partition coefficient (Wildman–Crippen LogP) is 2.27. The lowest BCUT2D eigenvalue weighted by molar-refractivity contribution is -0.393. The number of nitrogens with two attached hydrogens (primary N) is 1. The van der Waals surface area contributed by atoms with Crippen LogP contribution in [0.3, 0.4) is 0 Å². The summed E-state index contributed by atoms with van der Waals surface area (Å²) < 4.78 is 0. The molecule has 2 aromatic carbocycles. The molecule has 0 aromatic heterocycles. The number of primary amides is 1. The summed E-state index contributed by atoms with van der Waals surface area (Å²) in [5, 5.41) is 21.8. The van der Waals surface area contributed by atoms with Crippen molar-refractivity contribution in [2.24, 2.45) is 5.73 Å². The molecule has 0 aliphatic carbocycles. The lowest BCUT2D eigenvalue weighted by atomic mass is 9.97. The molecule has 2 N–H and O–H groups in total. The number of rotatable bonds is 4. The highest BCUT2D eigenvalue weighted by molar-refractivity contribution is 6.01. The molecule has 0 saturated heterocycles. The molecule has 0 bridgehead atoms. The number of hydrogen-bond acceptors (Lipinski definition) is 5. The van der Waals surface area contributed by atoms with Gasteiger partial charge in [-0.1, -0.05) is 18.2 Å². The normalized spacial score (nSPS) is 10.1. The van der Waals surface area contributed by atoms with E-state index in [2.05, 4.69) is 0 Å². The summed E-state index contributed by atoms with van der Waals surface area (Å²) in [6, 6.07) is 9.32. The van der Waals surface area contributed by atoms with Crippen LogP contribution in [-0.4, -0.2) is 15.8 Å². The second kappa shape index (κ2) is 5.37. The lowest BCUT2D eigenvalue weighted by Crippen LogP contribution is -2.12. The minimum atomic E-state index is -0.738. The zero-order valence-electron chi connectivity index (χ0n) is 10.6. The van der Waals surface area contributed by atoms with E-state index in [1.807, 2.05) is 0 Å². The summed E-state index contributed by atoms with van der Waals surface area (Å²) in [5.74, 6) is -0.738. The van der Waals surface area contributed by atoms with Crippen molar-refractivity contribution in [2.75, 3.05) is 0 Å². The molecule has 0 saturated carbocycles. The summed E-state index contributed by atoms with van der Waals surface area (Å²) >= 11 is 0. The van der Waals surface area contributed by atoms with Gasteiger partial charge in [-0.25, -0.2) is 0 Å². The molecule has 21 heavy (non-hydrogen) atoms. The Balaban J connectivity index is 2.72. The fourth-order valence-electron chi connectivity index (χ4n) is 1.95. The highest BCUT2D eigenvalue weighted by Crippen LogP contribution is 2.34. The Kier molecular flexibility index (Phi) is 3.61. The largest absolute Gasteiger partial charge is 0.366 e. The van der Waals surface area contributed by atoms with Gasteiger partial charge >= 0.3 is 0 Å². The third-order valence-corrected chi connectivity index (χ3v) is 2.87. The van der Waals surface area contributed by atoms with Crippen LogP contribution in [0.1, 0.15) is 10.4 Å². The monoisotopic (exact) mass is 287 g/mol. The molecule has 0 aliphatic heterocycles. The first-order chi connectivity index (χ1) is 9.91. The Morgan fingerprint density at radius 2 is 1.62 bits per heavy atom. The van der Waals surface area contributed by atoms with E-state index in [4.69, 9.17) is 5.73 Å². The van der Waals surface area contributed by atoms with Gasteiger partial charge in [-0.05, 0) is 12.1 Å². The molecule has 2 rings (SSSR count). The predicted molar refractivity (Wildman–Crippen MR) is 73.7 cm³/mol. The quantitative estimate of drug-likeness (QED) is 0.680. The Morgan fingerprint density at radius 3 is 2.19 bits per heavy atom. The van der Waals surface area contributed by atoms with E-state index in [1.165, 1.54) is 18.2 Å². The average molecular weight is 287 g/mol. The third-order valence-electron chi connectivity index (χ3n) is 2.87. The number of non-ortho nitro benzene ring substituents is 1. The van der Waals surface area contributed by atoms with Crippen molar-refractivity contribution in [3.8, 4) is 11.1 Å². The molecular weight excluding hydrogens is 278 g/mol. The van der Waals surface area contributed by atoms with E-state index in [0.717, 1.165) is 12.1 Å². The molecule has 0 fully saturated rings. The zero-order chi connectivity index (χ0) is 15.6. The standard InChI is InChI=1S/C13H9N3O5/c14-13(17)11-4-2-1-3-9(11)10-6-5-8(15(18)19)7-12(10)16(20)21/h1-7H,(H2,14,17). The van der Waals surface area contributed by atoms with Crippen LogP contribution in [0.2, 0.25) is 0 Å². The van der Waals surface area contributed by atoms with Gasteiger partial charge in [0.2, 0.25) is 5.91 Å². The number of hydrogen-bond donors (Lipinski definition) is 1. The van der Waals surface area contributed by atoms with Crippen LogP contribution in [0, 0.1) is 20.2 Å². The van der Waals surface area contributed by atoms with Gasteiger partial charge in [0.1, 0.15) is 0 Å². The minimum absolute atomic E-state index is 0.0972. The molecular formula is C13H9N3O5. The van der Waals surface area contributed by atoms with Crippen molar-refractivity contribution < 1.29 is 14.6 Å².